The van der Waals surface area contributed by atoms with Crippen molar-refractivity contribution in [2.45, 2.75) is 19.1 Å². The first-order valence-electron chi connectivity index (χ1n) is 7.39. The van der Waals surface area contributed by atoms with Crippen molar-refractivity contribution in [1.82, 2.24) is 14.8 Å². The van der Waals surface area contributed by atoms with Gasteiger partial charge in [0.05, 0.1) is 6.61 Å². The lowest BCUT2D eigenvalue weighted by atomic mass is 9.91. The molecule has 0 aliphatic carbocycles. The van der Waals surface area contributed by atoms with E-state index in [0.717, 1.165) is 4.68 Å². The number of anilines is 1. The molecule has 1 N–H and O–H groups in total. The predicted octanol–water partition coefficient (Wildman–Crippen LogP) is 2.02. The fraction of sp³-hybridized carbons (Fsp3) is 0.333. The first-order chi connectivity index (χ1) is 11.8. The number of carbonyl (C=O) groups excluding carboxylic acids is 2. The van der Waals surface area contributed by atoms with Crippen molar-refractivity contribution in [3.05, 3.63) is 41.7 Å². The molecule has 0 saturated carbocycles. The van der Waals surface area contributed by atoms with Crippen LogP contribution in [0, 0.1) is 5.92 Å². The molecule has 1 aliphatic heterocycles. The molecule has 7 nitrogen and oxygen atoms in total. The van der Waals surface area contributed by atoms with Gasteiger partial charge in [-0.15, -0.1) is 5.10 Å². The topological polar surface area (TPSA) is 86.1 Å². The number of hydrogen-bond acceptors (Lipinski definition) is 5. The quantitative estimate of drug-likeness (QED) is 0.673. The molecule has 2 atom stereocenters. The van der Waals surface area contributed by atoms with Gasteiger partial charge in [0.2, 0.25) is 11.9 Å². The summed E-state index contributed by atoms with van der Waals surface area (Å²) in [5, 5.41) is 5.66. The van der Waals surface area contributed by atoms with Crippen LogP contribution >= 0.6 is 0 Å². The van der Waals surface area contributed by atoms with Gasteiger partial charge in [0.25, 0.3) is 5.82 Å². The monoisotopic (exact) mass is 354 g/mol. The van der Waals surface area contributed by atoms with Gasteiger partial charge in [-0.05, 0) is 12.5 Å². The highest BCUT2D eigenvalue weighted by Gasteiger charge is 2.46. The van der Waals surface area contributed by atoms with Crippen molar-refractivity contribution >= 4 is 17.8 Å². The number of alkyl halides is 3. The van der Waals surface area contributed by atoms with Crippen molar-refractivity contribution in [3.63, 3.8) is 0 Å². The molecular formula is C15H13F3N4O3. The lowest BCUT2D eigenvalue weighted by Crippen LogP contribution is -2.43. The number of hydrogen-bond donors (Lipinski definition) is 1. The molecule has 1 aliphatic rings. The first kappa shape index (κ1) is 16.9. The van der Waals surface area contributed by atoms with Crippen LogP contribution in [0.3, 0.4) is 0 Å². The Morgan fingerprint density at radius 2 is 2.00 bits per heavy atom. The molecule has 132 valence electrons. The Bertz CT molecular complexity index is 804. The molecule has 3 rings (SSSR count). The molecule has 10 heteroatoms. The lowest BCUT2D eigenvalue weighted by molar-refractivity contribution is -0.152. The number of ether oxygens (including phenoxy) is 1. The SMILES string of the molecule is CCOC(=O)[C@@H]1C(=O)Nc2nc(C(F)(F)F)nn2[C@@H]1c1ccccc1. The van der Waals surface area contributed by atoms with E-state index >= 15 is 0 Å². The van der Waals surface area contributed by atoms with Crippen molar-refractivity contribution < 1.29 is 27.5 Å². The van der Waals surface area contributed by atoms with E-state index in [-0.39, 0.29) is 12.6 Å². The van der Waals surface area contributed by atoms with Gasteiger partial charge in [-0.25, -0.2) is 4.68 Å². The van der Waals surface area contributed by atoms with Gasteiger partial charge in [-0.3, -0.25) is 14.9 Å². The Morgan fingerprint density at radius 1 is 1.32 bits per heavy atom. The van der Waals surface area contributed by atoms with Crippen LogP contribution in [0.1, 0.15) is 24.4 Å². The van der Waals surface area contributed by atoms with Crippen LogP contribution in [0.15, 0.2) is 30.3 Å². The number of fused-ring (bicyclic) bond motifs is 1. The van der Waals surface area contributed by atoms with Crippen molar-refractivity contribution in [2.75, 3.05) is 11.9 Å². The molecule has 2 aromatic rings. The first-order valence-corrected chi connectivity index (χ1v) is 7.39. The molecule has 0 radical (unpaired) electrons. The van der Waals surface area contributed by atoms with Crippen molar-refractivity contribution in [1.29, 1.82) is 0 Å². The molecule has 2 heterocycles. The fourth-order valence-corrected chi connectivity index (χ4v) is 2.65. The van der Waals surface area contributed by atoms with Gasteiger partial charge >= 0.3 is 12.1 Å². The van der Waals surface area contributed by atoms with Gasteiger partial charge in [0, 0.05) is 0 Å². The summed E-state index contributed by atoms with van der Waals surface area (Å²) in [7, 11) is 0. The fourth-order valence-electron chi connectivity index (χ4n) is 2.65. The van der Waals surface area contributed by atoms with Gasteiger partial charge in [-0.1, -0.05) is 30.3 Å². The summed E-state index contributed by atoms with van der Waals surface area (Å²) in [5.74, 6) is -4.78. The third kappa shape index (κ3) is 3.06. The summed E-state index contributed by atoms with van der Waals surface area (Å²) in [6.45, 7) is 1.60. The third-order valence-corrected chi connectivity index (χ3v) is 3.66. The third-order valence-electron chi connectivity index (χ3n) is 3.66. The standard InChI is InChI=1S/C15H13F3N4O3/c1-2-25-12(24)9-10(8-6-4-3-5-7-8)22-14(19-11(9)23)20-13(21-22)15(16,17)18/h3-7,9-10H,2H2,1H3,(H,19,20,21,23)/t9-,10+/m0/s1. The zero-order chi connectivity index (χ0) is 18.2. The predicted molar refractivity (Wildman–Crippen MR) is 78.4 cm³/mol. The van der Waals surface area contributed by atoms with Crippen LogP contribution in [-0.4, -0.2) is 33.2 Å². The molecule has 0 spiro atoms. The van der Waals surface area contributed by atoms with E-state index in [1.807, 2.05) is 0 Å². The molecule has 1 aromatic heterocycles. The second-order valence-electron chi connectivity index (χ2n) is 5.28. The number of nitrogens with one attached hydrogen (secondary N) is 1. The summed E-state index contributed by atoms with van der Waals surface area (Å²) >= 11 is 0. The smallest absolute Gasteiger partial charge is 0.453 e. The second-order valence-corrected chi connectivity index (χ2v) is 5.28. The highest BCUT2D eigenvalue weighted by Crippen LogP contribution is 2.36. The molecule has 0 bridgehead atoms. The normalized spacial score (nSPS) is 19.9. The maximum atomic E-state index is 12.9. The largest absolute Gasteiger partial charge is 0.465 e. The lowest BCUT2D eigenvalue weighted by Gasteiger charge is -2.30. The molecule has 0 saturated heterocycles. The summed E-state index contributed by atoms with van der Waals surface area (Å²) in [5.41, 5.74) is 0.440. The van der Waals surface area contributed by atoms with Crippen LogP contribution in [0.25, 0.3) is 0 Å². The van der Waals surface area contributed by atoms with Crippen molar-refractivity contribution in [2.24, 2.45) is 5.92 Å². The molecule has 1 amide bonds. The Hall–Kier alpha value is -2.91. The highest BCUT2D eigenvalue weighted by atomic mass is 19.4. The number of aromatic nitrogens is 3. The molecule has 0 fully saturated rings. The zero-order valence-electron chi connectivity index (χ0n) is 12.9. The van der Waals surface area contributed by atoms with Gasteiger partial charge in [0.15, 0.2) is 5.92 Å². The Labute approximate surface area is 139 Å². The highest BCUT2D eigenvalue weighted by molar-refractivity contribution is 6.06. The average molecular weight is 354 g/mol. The number of esters is 1. The maximum absolute atomic E-state index is 12.9. The number of nitrogens with zero attached hydrogens (tertiary/aromatic N) is 3. The maximum Gasteiger partial charge on any atom is 0.453 e. The Balaban J connectivity index is 2.15. The molecule has 1 aromatic carbocycles. The van der Waals surface area contributed by atoms with E-state index in [9.17, 15) is 22.8 Å². The number of rotatable bonds is 3. The van der Waals surface area contributed by atoms with Gasteiger partial charge in [-0.2, -0.15) is 18.2 Å². The molecular weight excluding hydrogens is 341 g/mol. The average Bonchev–Trinajstić information content (AvgIpc) is 2.98. The second kappa shape index (κ2) is 6.19. The Kier molecular flexibility index (Phi) is 4.19. The van der Waals surface area contributed by atoms with E-state index in [4.69, 9.17) is 4.74 Å². The van der Waals surface area contributed by atoms with Crippen LogP contribution in [0.4, 0.5) is 19.1 Å². The van der Waals surface area contributed by atoms with E-state index in [1.54, 1.807) is 37.3 Å². The van der Waals surface area contributed by atoms with Gasteiger partial charge < -0.3 is 4.74 Å². The van der Waals surface area contributed by atoms with Crippen LogP contribution < -0.4 is 5.32 Å². The van der Waals surface area contributed by atoms with Crippen LogP contribution in [-0.2, 0) is 20.5 Å². The number of halogens is 3. The minimum atomic E-state index is -4.78. The summed E-state index contributed by atoms with van der Waals surface area (Å²) < 4.78 is 44.6. The van der Waals surface area contributed by atoms with Crippen LogP contribution in [0.5, 0.6) is 0 Å². The van der Waals surface area contributed by atoms with E-state index in [0.29, 0.717) is 5.56 Å². The Morgan fingerprint density at radius 3 is 2.60 bits per heavy atom. The minimum Gasteiger partial charge on any atom is -0.465 e. The number of amides is 1. The van der Waals surface area contributed by atoms with Crippen LogP contribution in [0.2, 0.25) is 0 Å². The molecule has 0 unspecified atom stereocenters. The van der Waals surface area contributed by atoms with E-state index in [2.05, 4.69) is 15.4 Å². The summed E-state index contributed by atoms with van der Waals surface area (Å²) in [6, 6.07) is 7.08. The number of benzene rings is 1. The zero-order valence-corrected chi connectivity index (χ0v) is 12.9. The van der Waals surface area contributed by atoms with Crippen molar-refractivity contribution in [3.8, 4) is 0 Å². The number of carbonyl (C=O) groups is 2. The molecule has 25 heavy (non-hydrogen) atoms. The van der Waals surface area contributed by atoms with Gasteiger partial charge in [0.1, 0.15) is 6.04 Å². The van der Waals surface area contributed by atoms with E-state index in [1.165, 1.54) is 0 Å². The summed E-state index contributed by atoms with van der Waals surface area (Å²) in [6.07, 6.45) is -4.78. The minimum absolute atomic E-state index is 0.0299. The summed E-state index contributed by atoms with van der Waals surface area (Å²) in [4.78, 5) is 27.9. The van der Waals surface area contributed by atoms with E-state index < -0.39 is 35.8 Å².